The first-order chi connectivity index (χ1) is 9.81. The van der Waals surface area contributed by atoms with Gasteiger partial charge < -0.3 is 4.90 Å². The number of aromatic nitrogens is 4. The Balaban J connectivity index is 1.65. The highest BCUT2D eigenvalue weighted by atomic mass is 19.1. The van der Waals surface area contributed by atoms with Crippen LogP contribution in [0, 0.1) is 5.82 Å². The van der Waals surface area contributed by atoms with Crippen LogP contribution in [0.3, 0.4) is 0 Å². The molecule has 20 heavy (non-hydrogen) atoms. The molecule has 0 spiro atoms. The summed E-state index contributed by atoms with van der Waals surface area (Å²) in [5, 5.41) is 5.00. The molecule has 0 bridgehead atoms. The maximum Gasteiger partial charge on any atom is 0.140 e. The monoisotopic (exact) mass is 269 g/mol. The van der Waals surface area contributed by atoms with E-state index in [4.69, 9.17) is 0 Å². The van der Waals surface area contributed by atoms with Gasteiger partial charge in [0.15, 0.2) is 0 Å². The average molecular weight is 269 g/mol. The molecular weight excluding hydrogens is 257 g/mol. The summed E-state index contributed by atoms with van der Waals surface area (Å²) in [4.78, 5) is 10.6. The van der Waals surface area contributed by atoms with Gasteiger partial charge in [0.2, 0.25) is 0 Å². The smallest absolute Gasteiger partial charge is 0.140 e. The van der Waals surface area contributed by atoms with E-state index in [1.165, 1.54) is 18.5 Å². The molecule has 1 fully saturated rings. The molecular formula is C14H12FN5. The second-order valence-corrected chi connectivity index (χ2v) is 4.90. The van der Waals surface area contributed by atoms with Gasteiger partial charge in [-0.1, -0.05) is 0 Å². The fourth-order valence-electron chi connectivity index (χ4n) is 2.56. The Kier molecular flexibility index (Phi) is 2.42. The van der Waals surface area contributed by atoms with Crippen molar-refractivity contribution in [3.8, 4) is 0 Å². The van der Waals surface area contributed by atoms with Gasteiger partial charge in [-0.25, -0.2) is 14.4 Å². The molecule has 0 aliphatic carbocycles. The molecule has 100 valence electrons. The summed E-state index contributed by atoms with van der Waals surface area (Å²) in [6, 6.07) is 6.86. The second kappa shape index (κ2) is 4.26. The highest BCUT2D eigenvalue weighted by Gasteiger charge is 2.30. The number of fused-ring (bicyclic) bond motifs is 1. The van der Waals surface area contributed by atoms with Gasteiger partial charge in [-0.15, -0.1) is 0 Å². The highest BCUT2D eigenvalue weighted by Crippen LogP contribution is 2.30. The summed E-state index contributed by atoms with van der Waals surface area (Å²) in [6.07, 6.45) is 5.26. The maximum absolute atomic E-state index is 13.4. The molecule has 2 aromatic heterocycles. The van der Waals surface area contributed by atoms with Crippen LogP contribution in [0.2, 0.25) is 0 Å². The van der Waals surface area contributed by atoms with Crippen LogP contribution < -0.4 is 4.90 Å². The van der Waals surface area contributed by atoms with E-state index >= 15 is 0 Å². The van der Waals surface area contributed by atoms with E-state index < -0.39 is 0 Å². The van der Waals surface area contributed by atoms with Crippen molar-refractivity contribution >= 4 is 16.7 Å². The predicted molar refractivity (Wildman–Crippen MR) is 73.0 cm³/mol. The number of hydrogen-bond donors (Lipinski definition) is 0. The molecule has 6 heteroatoms. The summed E-state index contributed by atoms with van der Waals surface area (Å²) in [5.74, 6) is 0.524. The van der Waals surface area contributed by atoms with Crippen molar-refractivity contribution in [2.45, 2.75) is 6.04 Å². The third-order valence-electron chi connectivity index (χ3n) is 3.64. The maximum atomic E-state index is 13.4. The third-order valence-corrected chi connectivity index (χ3v) is 3.64. The molecule has 0 amide bonds. The van der Waals surface area contributed by atoms with Crippen molar-refractivity contribution in [3.63, 3.8) is 0 Å². The zero-order chi connectivity index (χ0) is 13.5. The molecule has 5 nitrogen and oxygen atoms in total. The molecule has 0 atom stereocenters. The Labute approximate surface area is 114 Å². The van der Waals surface area contributed by atoms with Crippen molar-refractivity contribution in [3.05, 3.63) is 48.8 Å². The van der Waals surface area contributed by atoms with Crippen LogP contribution >= 0.6 is 0 Å². The zero-order valence-corrected chi connectivity index (χ0v) is 10.6. The first-order valence-electron chi connectivity index (χ1n) is 6.45. The summed E-state index contributed by atoms with van der Waals surface area (Å²) in [7, 11) is 0. The van der Waals surface area contributed by atoms with Gasteiger partial charge >= 0.3 is 0 Å². The van der Waals surface area contributed by atoms with Gasteiger partial charge in [0.25, 0.3) is 0 Å². The lowest BCUT2D eigenvalue weighted by Crippen LogP contribution is -2.48. The fourth-order valence-corrected chi connectivity index (χ4v) is 2.56. The van der Waals surface area contributed by atoms with Crippen molar-refractivity contribution in [1.82, 2.24) is 19.7 Å². The molecule has 4 rings (SSSR count). The van der Waals surface area contributed by atoms with Crippen LogP contribution in [0.15, 0.2) is 43.0 Å². The van der Waals surface area contributed by atoms with E-state index in [1.54, 1.807) is 12.3 Å². The number of anilines is 1. The predicted octanol–water partition coefficient (Wildman–Crippen LogP) is 2.03. The summed E-state index contributed by atoms with van der Waals surface area (Å²) in [6.45, 7) is 1.65. The van der Waals surface area contributed by atoms with E-state index in [0.717, 1.165) is 29.8 Å². The van der Waals surface area contributed by atoms with Gasteiger partial charge in [0.05, 0.1) is 11.6 Å². The van der Waals surface area contributed by atoms with Gasteiger partial charge in [-0.3, -0.25) is 4.68 Å². The van der Waals surface area contributed by atoms with Crippen LogP contribution in [-0.2, 0) is 0 Å². The van der Waals surface area contributed by atoms with Gasteiger partial charge in [0, 0.05) is 30.9 Å². The minimum absolute atomic E-state index is 0.266. The lowest BCUT2D eigenvalue weighted by atomic mass is 10.1. The number of nitrogens with zero attached hydrogens (tertiary/aromatic N) is 5. The Morgan fingerprint density at radius 3 is 2.90 bits per heavy atom. The molecule has 3 aromatic rings. The summed E-state index contributed by atoms with van der Waals surface area (Å²) < 4.78 is 15.4. The topological polar surface area (TPSA) is 46.8 Å². The van der Waals surface area contributed by atoms with Gasteiger partial charge in [0.1, 0.15) is 18.0 Å². The molecule has 1 saturated heterocycles. The molecule has 0 unspecified atom stereocenters. The van der Waals surface area contributed by atoms with Crippen molar-refractivity contribution < 1.29 is 4.39 Å². The van der Waals surface area contributed by atoms with E-state index in [1.807, 2.05) is 16.9 Å². The Morgan fingerprint density at radius 1 is 1.20 bits per heavy atom. The van der Waals surface area contributed by atoms with E-state index in [-0.39, 0.29) is 5.82 Å². The molecule has 1 aromatic carbocycles. The van der Waals surface area contributed by atoms with E-state index in [0.29, 0.717) is 6.04 Å². The molecule has 1 aliphatic rings. The van der Waals surface area contributed by atoms with Crippen LogP contribution in [0.5, 0.6) is 0 Å². The molecule has 0 saturated carbocycles. The largest absolute Gasteiger partial charge is 0.352 e. The first kappa shape index (κ1) is 11.3. The number of hydrogen-bond acceptors (Lipinski definition) is 4. The average Bonchev–Trinajstić information content (AvgIpc) is 2.91. The van der Waals surface area contributed by atoms with Crippen LogP contribution in [0.1, 0.15) is 6.04 Å². The number of rotatable bonds is 2. The van der Waals surface area contributed by atoms with Crippen molar-refractivity contribution in [2.24, 2.45) is 0 Å². The van der Waals surface area contributed by atoms with Gasteiger partial charge in [-0.2, -0.15) is 5.10 Å². The number of halogens is 1. The van der Waals surface area contributed by atoms with E-state index in [2.05, 4.69) is 20.0 Å². The van der Waals surface area contributed by atoms with Crippen LogP contribution in [0.4, 0.5) is 10.2 Å². The lowest BCUT2D eigenvalue weighted by Gasteiger charge is -2.40. The van der Waals surface area contributed by atoms with E-state index in [9.17, 15) is 4.39 Å². The van der Waals surface area contributed by atoms with Gasteiger partial charge in [-0.05, 0) is 24.3 Å². The summed E-state index contributed by atoms with van der Waals surface area (Å²) in [5.41, 5.74) is 0.763. The Morgan fingerprint density at radius 2 is 2.10 bits per heavy atom. The Hall–Kier alpha value is -2.50. The molecule has 0 N–H and O–H groups in total. The minimum atomic E-state index is -0.266. The highest BCUT2D eigenvalue weighted by molar-refractivity contribution is 5.89. The third kappa shape index (κ3) is 1.72. The fraction of sp³-hybridized carbons (Fsp3) is 0.214. The minimum Gasteiger partial charge on any atom is -0.352 e. The summed E-state index contributed by atoms with van der Waals surface area (Å²) >= 11 is 0. The zero-order valence-electron chi connectivity index (χ0n) is 10.6. The molecule has 0 radical (unpaired) electrons. The number of benzene rings is 1. The first-order valence-corrected chi connectivity index (χ1v) is 6.45. The standard InChI is InChI=1S/C14H12FN5/c15-10-2-3-13-12(6-10)14(17-9-16-13)19-7-11(8-19)20-5-1-4-18-20/h1-6,9,11H,7-8H2. The molecule has 1 aliphatic heterocycles. The van der Waals surface area contributed by atoms with Crippen molar-refractivity contribution in [1.29, 1.82) is 0 Å². The second-order valence-electron chi connectivity index (χ2n) is 4.90. The van der Waals surface area contributed by atoms with Crippen molar-refractivity contribution in [2.75, 3.05) is 18.0 Å². The van der Waals surface area contributed by atoms with Crippen LogP contribution in [-0.4, -0.2) is 32.8 Å². The normalized spacial score (nSPS) is 15.6. The lowest BCUT2D eigenvalue weighted by molar-refractivity contribution is 0.366. The SMILES string of the molecule is Fc1ccc2ncnc(N3CC(n4cccn4)C3)c2c1. The molecule has 3 heterocycles. The van der Waals surface area contributed by atoms with Crippen LogP contribution in [0.25, 0.3) is 10.9 Å². The Bertz CT molecular complexity index is 749. The quantitative estimate of drug-likeness (QED) is 0.714.